The molecule has 0 aromatic heterocycles. The molecule has 1 atom stereocenters. The van der Waals surface area contributed by atoms with Crippen LogP contribution < -0.4 is 10.2 Å². The molecule has 0 aliphatic carbocycles. The number of benzene rings is 1. The van der Waals surface area contributed by atoms with E-state index >= 15 is 0 Å². The minimum atomic E-state index is -0.359. The maximum Gasteiger partial charge on any atom is 0.243 e. The van der Waals surface area contributed by atoms with Gasteiger partial charge in [-0.3, -0.25) is 14.5 Å². The normalized spacial score (nSPS) is 18.4. The summed E-state index contributed by atoms with van der Waals surface area (Å²) in [6, 6.07) is 7.39. The number of rotatable bonds is 5. The fraction of sp³-hybridized carbons (Fsp3) is 0.500. The van der Waals surface area contributed by atoms with Crippen molar-refractivity contribution in [2.45, 2.75) is 45.6 Å². The predicted molar refractivity (Wildman–Crippen MR) is 79.6 cm³/mol. The summed E-state index contributed by atoms with van der Waals surface area (Å²) >= 11 is 0. The van der Waals surface area contributed by atoms with Gasteiger partial charge in [0.15, 0.2) is 0 Å². The number of aryl methyl sites for hydroxylation is 1. The number of carbonyl (C=O) groups is 2. The predicted octanol–water partition coefficient (Wildman–Crippen LogP) is 2.41. The topological polar surface area (TPSA) is 49.4 Å². The first-order valence-corrected chi connectivity index (χ1v) is 7.30. The molecule has 1 aromatic carbocycles. The van der Waals surface area contributed by atoms with Crippen LogP contribution in [0.4, 0.5) is 5.69 Å². The summed E-state index contributed by atoms with van der Waals surface area (Å²) in [4.78, 5) is 25.9. The van der Waals surface area contributed by atoms with Crippen LogP contribution in [-0.4, -0.2) is 24.4 Å². The largest absolute Gasteiger partial charge is 0.354 e. The Labute approximate surface area is 120 Å². The lowest BCUT2D eigenvalue weighted by Gasteiger charge is -2.24. The standard InChI is InChI=1S/C16H22N2O2/c1-3-4-11-17-16(20)14-9-10-15(19)18(14)13-7-5-12(2)6-8-13/h5-8,14H,3-4,9-11H2,1-2H3,(H,17,20). The molecule has 2 amide bonds. The number of hydrogen-bond donors (Lipinski definition) is 1. The van der Waals surface area contributed by atoms with E-state index in [1.54, 1.807) is 4.90 Å². The van der Waals surface area contributed by atoms with E-state index in [0.29, 0.717) is 19.4 Å². The lowest BCUT2D eigenvalue weighted by atomic mass is 10.1. The van der Waals surface area contributed by atoms with E-state index in [4.69, 9.17) is 0 Å². The molecule has 1 heterocycles. The Kier molecular flexibility index (Phi) is 4.77. The summed E-state index contributed by atoms with van der Waals surface area (Å²) < 4.78 is 0. The zero-order valence-corrected chi connectivity index (χ0v) is 12.2. The van der Waals surface area contributed by atoms with Crippen molar-refractivity contribution in [3.63, 3.8) is 0 Å². The molecule has 1 aliphatic rings. The zero-order chi connectivity index (χ0) is 14.5. The first kappa shape index (κ1) is 14.6. The van der Waals surface area contributed by atoms with Crippen LogP contribution in [-0.2, 0) is 9.59 Å². The molecule has 1 aliphatic heterocycles. The lowest BCUT2D eigenvalue weighted by molar-refractivity contribution is -0.123. The third-order valence-corrected chi connectivity index (χ3v) is 3.66. The number of nitrogens with zero attached hydrogens (tertiary/aromatic N) is 1. The Morgan fingerprint density at radius 3 is 2.70 bits per heavy atom. The summed E-state index contributed by atoms with van der Waals surface area (Å²) in [7, 11) is 0. The van der Waals surface area contributed by atoms with Crippen LogP contribution in [0.5, 0.6) is 0 Å². The molecule has 20 heavy (non-hydrogen) atoms. The van der Waals surface area contributed by atoms with Crippen LogP contribution in [0.1, 0.15) is 38.2 Å². The molecule has 4 heteroatoms. The van der Waals surface area contributed by atoms with Gasteiger partial charge in [-0.2, -0.15) is 0 Å². The number of amides is 2. The highest BCUT2D eigenvalue weighted by Gasteiger charge is 2.36. The number of anilines is 1. The fourth-order valence-corrected chi connectivity index (χ4v) is 2.47. The highest BCUT2D eigenvalue weighted by atomic mass is 16.2. The first-order chi connectivity index (χ1) is 9.63. The van der Waals surface area contributed by atoms with Gasteiger partial charge in [0.05, 0.1) is 0 Å². The Morgan fingerprint density at radius 2 is 2.05 bits per heavy atom. The Bertz CT molecular complexity index is 482. The quantitative estimate of drug-likeness (QED) is 0.838. The van der Waals surface area contributed by atoms with Crippen LogP contribution in [0.3, 0.4) is 0 Å². The first-order valence-electron chi connectivity index (χ1n) is 7.30. The molecule has 108 valence electrons. The number of hydrogen-bond acceptors (Lipinski definition) is 2. The van der Waals surface area contributed by atoms with Crippen LogP contribution in [0.25, 0.3) is 0 Å². The van der Waals surface area contributed by atoms with Gasteiger partial charge in [-0.25, -0.2) is 0 Å². The van der Waals surface area contributed by atoms with Crippen LogP contribution >= 0.6 is 0 Å². The molecule has 1 unspecified atom stereocenters. The van der Waals surface area contributed by atoms with Gasteiger partial charge in [0.1, 0.15) is 6.04 Å². The van der Waals surface area contributed by atoms with Crippen molar-refractivity contribution in [2.24, 2.45) is 0 Å². The van der Waals surface area contributed by atoms with E-state index in [9.17, 15) is 9.59 Å². The van der Waals surface area contributed by atoms with Gasteiger partial charge in [0, 0.05) is 18.7 Å². The summed E-state index contributed by atoms with van der Waals surface area (Å²) in [6.07, 6.45) is 3.06. The average molecular weight is 274 g/mol. The van der Waals surface area contributed by atoms with Gasteiger partial charge >= 0.3 is 0 Å². The minimum Gasteiger partial charge on any atom is -0.354 e. The molecule has 0 spiro atoms. The molecule has 4 nitrogen and oxygen atoms in total. The van der Waals surface area contributed by atoms with Crippen LogP contribution in [0.15, 0.2) is 24.3 Å². The van der Waals surface area contributed by atoms with Crippen molar-refractivity contribution in [1.82, 2.24) is 5.32 Å². The van der Waals surface area contributed by atoms with Crippen LogP contribution in [0.2, 0.25) is 0 Å². The molecule has 1 aromatic rings. The van der Waals surface area contributed by atoms with E-state index in [1.165, 1.54) is 0 Å². The van der Waals surface area contributed by atoms with Crippen molar-refractivity contribution in [1.29, 1.82) is 0 Å². The smallest absolute Gasteiger partial charge is 0.243 e. The van der Waals surface area contributed by atoms with Gasteiger partial charge in [-0.05, 0) is 31.9 Å². The molecule has 1 N–H and O–H groups in total. The molecule has 2 rings (SSSR count). The number of nitrogens with one attached hydrogen (secondary N) is 1. The van der Waals surface area contributed by atoms with Crippen molar-refractivity contribution in [3.8, 4) is 0 Å². The summed E-state index contributed by atoms with van der Waals surface area (Å²) in [5, 5.41) is 2.92. The monoisotopic (exact) mass is 274 g/mol. The van der Waals surface area contributed by atoms with Crippen molar-refractivity contribution < 1.29 is 9.59 Å². The molecule has 1 fully saturated rings. The van der Waals surface area contributed by atoms with E-state index < -0.39 is 0 Å². The van der Waals surface area contributed by atoms with Gasteiger partial charge in [0.2, 0.25) is 11.8 Å². The molecular weight excluding hydrogens is 252 g/mol. The second kappa shape index (κ2) is 6.55. The number of carbonyl (C=O) groups excluding carboxylic acids is 2. The molecule has 0 radical (unpaired) electrons. The fourth-order valence-electron chi connectivity index (χ4n) is 2.47. The highest BCUT2D eigenvalue weighted by molar-refractivity contribution is 6.03. The second-order valence-corrected chi connectivity index (χ2v) is 5.30. The van der Waals surface area contributed by atoms with Crippen LogP contribution in [0, 0.1) is 6.92 Å². The highest BCUT2D eigenvalue weighted by Crippen LogP contribution is 2.27. The van der Waals surface area contributed by atoms with Gasteiger partial charge in [-0.1, -0.05) is 31.0 Å². The Balaban J connectivity index is 2.10. The minimum absolute atomic E-state index is 0.0319. The maximum absolute atomic E-state index is 12.2. The zero-order valence-electron chi connectivity index (χ0n) is 12.2. The Hall–Kier alpha value is -1.84. The number of unbranched alkanes of at least 4 members (excludes halogenated alkanes) is 1. The van der Waals surface area contributed by atoms with Gasteiger partial charge < -0.3 is 5.32 Å². The third-order valence-electron chi connectivity index (χ3n) is 3.66. The van der Waals surface area contributed by atoms with E-state index in [2.05, 4.69) is 12.2 Å². The molecule has 1 saturated heterocycles. The summed E-state index contributed by atoms with van der Waals surface area (Å²) in [6.45, 7) is 4.77. The van der Waals surface area contributed by atoms with Gasteiger partial charge in [-0.15, -0.1) is 0 Å². The third kappa shape index (κ3) is 3.18. The van der Waals surface area contributed by atoms with E-state index in [0.717, 1.165) is 24.1 Å². The second-order valence-electron chi connectivity index (χ2n) is 5.30. The van der Waals surface area contributed by atoms with Crippen molar-refractivity contribution >= 4 is 17.5 Å². The molecule has 0 saturated carbocycles. The maximum atomic E-state index is 12.2. The van der Waals surface area contributed by atoms with E-state index in [1.807, 2.05) is 31.2 Å². The van der Waals surface area contributed by atoms with Crippen molar-refractivity contribution in [2.75, 3.05) is 11.4 Å². The SMILES string of the molecule is CCCCNC(=O)C1CCC(=O)N1c1ccc(C)cc1. The molecular formula is C16H22N2O2. The molecule has 0 bridgehead atoms. The van der Waals surface area contributed by atoms with E-state index in [-0.39, 0.29) is 17.9 Å². The summed E-state index contributed by atoms with van der Waals surface area (Å²) in [5.74, 6) is -0.00521. The summed E-state index contributed by atoms with van der Waals surface area (Å²) in [5.41, 5.74) is 1.96. The average Bonchev–Trinajstić information content (AvgIpc) is 2.82. The Morgan fingerprint density at radius 1 is 1.35 bits per heavy atom. The van der Waals surface area contributed by atoms with Crippen molar-refractivity contribution in [3.05, 3.63) is 29.8 Å². The lowest BCUT2D eigenvalue weighted by Crippen LogP contribution is -2.45. The van der Waals surface area contributed by atoms with Gasteiger partial charge in [0.25, 0.3) is 0 Å².